The molecule has 1 N–H and O–H groups in total. The van der Waals surface area contributed by atoms with Gasteiger partial charge < -0.3 is 14.8 Å². The Hall–Kier alpha value is -2.56. The second-order valence-electron chi connectivity index (χ2n) is 8.81. The van der Waals surface area contributed by atoms with E-state index in [2.05, 4.69) is 11.4 Å². The third-order valence-electron chi connectivity index (χ3n) is 6.50. The average molecular weight is 410 g/mol. The van der Waals surface area contributed by atoms with E-state index in [0.717, 1.165) is 68.4 Å². The van der Waals surface area contributed by atoms with Crippen LogP contribution in [0.1, 0.15) is 62.2 Å². The van der Waals surface area contributed by atoms with Gasteiger partial charge in [-0.2, -0.15) is 0 Å². The molecule has 0 saturated heterocycles. The van der Waals surface area contributed by atoms with Crippen molar-refractivity contribution >= 4 is 5.91 Å². The summed E-state index contributed by atoms with van der Waals surface area (Å²) >= 11 is 0. The van der Waals surface area contributed by atoms with Crippen molar-refractivity contribution in [3.8, 4) is 11.5 Å². The number of halogens is 1. The number of aryl methyl sites for hydroxylation is 1. The lowest BCUT2D eigenvalue weighted by Gasteiger charge is -2.30. The van der Waals surface area contributed by atoms with Crippen LogP contribution in [-0.4, -0.2) is 18.1 Å². The summed E-state index contributed by atoms with van der Waals surface area (Å²) in [6, 6.07) is 13.1. The van der Waals surface area contributed by atoms with Crippen molar-refractivity contribution in [2.75, 3.05) is 0 Å². The number of benzene rings is 2. The predicted molar refractivity (Wildman–Crippen MR) is 112 cm³/mol. The Morgan fingerprint density at radius 1 is 1.00 bits per heavy atom. The summed E-state index contributed by atoms with van der Waals surface area (Å²) in [5.41, 5.74) is 1.74. The zero-order chi connectivity index (χ0) is 20.5. The minimum Gasteiger partial charge on any atom is -0.490 e. The number of carbonyl (C=O) groups is 1. The van der Waals surface area contributed by atoms with Crippen LogP contribution in [-0.2, 0) is 11.2 Å². The van der Waals surface area contributed by atoms with Gasteiger partial charge in [-0.25, -0.2) is 4.39 Å². The first-order chi connectivity index (χ1) is 14.7. The van der Waals surface area contributed by atoms with Crippen LogP contribution in [0, 0.1) is 11.7 Å². The Morgan fingerprint density at radius 3 is 2.57 bits per heavy atom. The summed E-state index contributed by atoms with van der Waals surface area (Å²) < 4.78 is 26.4. The van der Waals surface area contributed by atoms with Gasteiger partial charge in [0.15, 0.2) is 0 Å². The van der Waals surface area contributed by atoms with E-state index in [4.69, 9.17) is 9.47 Å². The van der Waals surface area contributed by atoms with Gasteiger partial charge in [0, 0.05) is 17.5 Å². The second kappa shape index (κ2) is 8.29. The van der Waals surface area contributed by atoms with Crippen LogP contribution >= 0.6 is 0 Å². The van der Waals surface area contributed by atoms with Crippen LogP contribution in [0.4, 0.5) is 4.39 Å². The fraction of sp³-hybridized carbons (Fsp3) is 0.480. The summed E-state index contributed by atoms with van der Waals surface area (Å²) in [4.78, 5) is 11.9. The Labute approximate surface area is 176 Å². The standard InChI is InChI=1S/C25H28FNO3/c26-22-4-2-1-3-21(22)24-13-7-17-15-20(12-14-23(17)30-24)29-19-10-8-18(9-11-19)27-25(28)16-5-6-16/h1-4,12,14-16,18-19,24H,5-11,13H2,(H,27,28)/t18-,19-,24?. The Kier molecular flexibility index (Phi) is 5.36. The number of amides is 1. The number of carbonyl (C=O) groups excluding carboxylic acids is 1. The molecule has 0 spiro atoms. The highest BCUT2D eigenvalue weighted by molar-refractivity contribution is 5.81. The molecule has 0 radical (unpaired) electrons. The molecule has 1 heterocycles. The summed E-state index contributed by atoms with van der Waals surface area (Å²) in [5.74, 6) is 1.98. The summed E-state index contributed by atoms with van der Waals surface area (Å²) in [6.07, 6.45) is 7.49. The van der Waals surface area contributed by atoms with Crippen molar-refractivity contribution < 1.29 is 18.7 Å². The van der Waals surface area contributed by atoms with E-state index in [0.29, 0.717) is 11.6 Å². The van der Waals surface area contributed by atoms with E-state index in [9.17, 15) is 9.18 Å². The maximum atomic E-state index is 14.1. The molecule has 2 aromatic carbocycles. The van der Waals surface area contributed by atoms with Gasteiger partial charge in [-0.3, -0.25) is 4.79 Å². The van der Waals surface area contributed by atoms with E-state index in [1.807, 2.05) is 18.2 Å². The zero-order valence-corrected chi connectivity index (χ0v) is 17.1. The minimum atomic E-state index is -0.244. The zero-order valence-electron chi connectivity index (χ0n) is 17.1. The van der Waals surface area contributed by atoms with Crippen LogP contribution in [0.3, 0.4) is 0 Å². The second-order valence-corrected chi connectivity index (χ2v) is 8.81. The molecule has 30 heavy (non-hydrogen) atoms. The number of hydrogen-bond donors (Lipinski definition) is 1. The molecule has 1 aliphatic heterocycles. The van der Waals surface area contributed by atoms with Crippen LogP contribution in [0.2, 0.25) is 0 Å². The molecule has 2 fully saturated rings. The molecular formula is C25H28FNO3. The Morgan fingerprint density at radius 2 is 1.80 bits per heavy atom. The molecule has 1 amide bonds. The van der Waals surface area contributed by atoms with Crippen molar-refractivity contribution in [1.82, 2.24) is 5.32 Å². The van der Waals surface area contributed by atoms with Crippen molar-refractivity contribution in [3.63, 3.8) is 0 Å². The minimum absolute atomic E-state index is 0.188. The summed E-state index contributed by atoms with van der Waals surface area (Å²) in [6.45, 7) is 0. The number of nitrogens with one attached hydrogen (secondary N) is 1. The maximum absolute atomic E-state index is 14.1. The SMILES string of the molecule is O=C(N[C@H]1CC[C@H](Oc2ccc3c(c2)CCC(c2ccccc2F)O3)CC1)C1CC1. The van der Waals surface area contributed by atoms with Crippen LogP contribution in [0.25, 0.3) is 0 Å². The number of ether oxygens (including phenoxy) is 2. The van der Waals surface area contributed by atoms with Gasteiger partial charge in [-0.15, -0.1) is 0 Å². The third kappa shape index (κ3) is 4.30. The molecule has 0 bridgehead atoms. The molecule has 5 heteroatoms. The molecule has 4 nitrogen and oxygen atoms in total. The summed E-state index contributed by atoms with van der Waals surface area (Å²) in [7, 11) is 0. The Balaban J connectivity index is 1.16. The lowest BCUT2D eigenvalue weighted by Crippen LogP contribution is -2.40. The summed E-state index contributed by atoms with van der Waals surface area (Å²) in [5, 5.41) is 3.19. The van der Waals surface area contributed by atoms with E-state index in [1.165, 1.54) is 6.07 Å². The molecule has 0 aromatic heterocycles. The molecule has 2 saturated carbocycles. The van der Waals surface area contributed by atoms with Crippen LogP contribution in [0.15, 0.2) is 42.5 Å². The van der Waals surface area contributed by atoms with E-state index in [-0.39, 0.29) is 29.9 Å². The molecule has 3 aliphatic rings. The maximum Gasteiger partial charge on any atom is 0.223 e. The average Bonchev–Trinajstić information content (AvgIpc) is 3.61. The van der Waals surface area contributed by atoms with Crippen molar-refractivity contribution in [1.29, 1.82) is 0 Å². The predicted octanol–water partition coefficient (Wildman–Crippen LogP) is 5.11. The van der Waals surface area contributed by atoms with E-state index >= 15 is 0 Å². The normalized spacial score (nSPS) is 25.7. The van der Waals surface area contributed by atoms with Crippen LogP contribution in [0.5, 0.6) is 11.5 Å². The third-order valence-corrected chi connectivity index (χ3v) is 6.50. The van der Waals surface area contributed by atoms with Crippen molar-refractivity contribution in [2.45, 2.75) is 69.6 Å². The molecule has 2 aliphatic carbocycles. The first-order valence-corrected chi connectivity index (χ1v) is 11.2. The van der Waals surface area contributed by atoms with Crippen molar-refractivity contribution in [3.05, 3.63) is 59.4 Å². The van der Waals surface area contributed by atoms with E-state index < -0.39 is 0 Å². The highest BCUT2D eigenvalue weighted by Gasteiger charge is 2.32. The molecular weight excluding hydrogens is 381 g/mol. The highest BCUT2D eigenvalue weighted by atomic mass is 19.1. The van der Waals surface area contributed by atoms with Crippen molar-refractivity contribution in [2.24, 2.45) is 5.92 Å². The van der Waals surface area contributed by atoms with E-state index in [1.54, 1.807) is 12.1 Å². The molecule has 1 atom stereocenters. The molecule has 1 unspecified atom stereocenters. The number of rotatable bonds is 5. The first kappa shape index (κ1) is 19.4. The molecule has 2 aromatic rings. The monoisotopic (exact) mass is 409 g/mol. The van der Waals surface area contributed by atoms with Gasteiger partial charge in [0.2, 0.25) is 5.91 Å². The van der Waals surface area contributed by atoms with Gasteiger partial charge in [0.05, 0.1) is 6.10 Å². The number of hydrogen-bond acceptors (Lipinski definition) is 3. The highest BCUT2D eigenvalue weighted by Crippen LogP contribution is 2.38. The van der Waals surface area contributed by atoms with Gasteiger partial charge in [-0.1, -0.05) is 18.2 Å². The lowest BCUT2D eigenvalue weighted by atomic mass is 9.92. The fourth-order valence-electron chi connectivity index (χ4n) is 4.58. The molecule has 158 valence electrons. The molecule has 5 rings (SSSR count). The number of fused-ring (bicyclic) bond motifs is 1. The lowest BCUT2D eigenvalue weighted by molar-refractivity contribution is -0.123. The first-order valence-electron chi connectivity index (χ1n) is 11.2. The topological polar surface area (TPSA) is 47.6 Å². The van der Waals surface area contributed by atoms with Gasteiger partial charge in [0.25, 0.3) is 0 Å². The van der Waals surface area contributed by atoms with Gasteiger partial charge in [-0.05, 0) is 81.2 Å². The van der Waals surface area contributed by atoms with Gasteiger partial charge >= 0.3 is 0 Å². The van der Waals surface area contributed by atoms with Crippen LogP contribution < -0.4 is 14.8 Å². The van der Waals surface area contributed by atoms with Gasteiger partial charge in [0.1, 0.15) is 23.4 Å². The Bertz CT molecular complexity index is 918. The fourth-order valence-corrected chi connectivity index (χ4v) is 4.58. The smallest absolute Gasteiger partial charge is 0.223 e. The quantitative estimate of drug-likeness (QED) is 0.747. The largest absolute Gasteiger partial charge is 0.490 e.